The lowest BCUT2D eigenvalue weighted by atomic mass is 10.2. The third kappa shape index (κ3) is 4.68. The molecule has 9 heteroatoms. The van der Waals surface area contributed by atoms with Crippen LogP contribution in [-0.4, -0.2) is 43.9 Å². The zero-order valence-corrected chi connectivity index (χ0v) is 16.2. The highest BCUT2D eigenvalue weighted by Gasteiger charge is 2.13. The SMILES string of the molecule is CCOc1ccc(-c2nc(SCC(=O)NC(C)C)n3[nH]c(=O)cc3n2)cc1. The van der Waals surface area contributed by atoms with Crippen molar-refractivity contribution in [1.29, 1.82) is 0 Å². The number of aromatic amines is 1. The summed E-state index contributed by atoms with van der Waals surface area (Å²) in [6, 6.07) is 8.88. The van der Waals surface area contributed by atoms with Crippen molar-refractivity contribution in [3.63, 3.8) is 0 Å². The molecule has 3 rings (SSSR count). The fraction of sp³-hybridized carbons (Fsp3) is 0.333. The average molecular weight is 387 g/mol. The van der Waals surface area contributed by atoms with E-state index >= 15 is 0 Å². The van der Waals surface area contributed by atoms with Crippen molar-refractivity contribution in [3.8, 4) is 17.1 Å². The molecule has 0 bridgehead atoms. The topological polar surface area (TPSA) is 101 Å². The van der Waals surface area contributed by atoms with Gasteiger partial charge in [0.05, 0.1) is 12.4 Å². The number of benzene rings is 1. The molecule has 8 nitrogen and oxygen atoms in total. The van der Waals surface area contributed by atoms with E-state index in [0.717, 1.165) is 11.3 Å². The molecular weight excluding hydrogens is 366 g/mol. The molecule has 27 heavy (non-hydrogen) atoms. The lowest BCUT2D eigenvalue weighted by Crippen LogP contribution is -2.31. The van der Waals surface area contributed by atoms with Crippen molar-refractivity contribution in [2.75, 3.05) is 12.4 Å². The van der Waals surface area contributed by atoms with Crippen LogP contribution in [0.2, 0.25) is 0 Å². The largest absolute Gasteiger partial charge is 0.494 e. The van der Waals surface area contributed by atoms with Gasteiger partial charge in [-0.1, -0.05) is 11.8 Å². The molecule has 1 aromatic carbocycles. The number of hydrogen-bond acceptors (Lipinski definition) is 6. The molecule has 0 atom stereocenters. The molecule has 0 spiro atoms. The maximum absolute atomic E-state index is 12.0. The van der Waals surface area contributed by atoms with E-state index in [0.29, 0.717) is 23.2 Å². The van der Waals surface area contributed by atoms with Crippen molar-refractivity contribution in [2.45, 2.75) is 32.0 Å². The molecule has 0 fully saturated rings. The molecule has 142 valence electrons. The van der Waals surface area contributed by atoms with Gasteiger partial charge in [-0.2, -0.15) is 0 Å². The quantitative estimate of drug-likeness (QED) is 0.602. The van der Waals surface area contributed by atoms with Crippen LogP contribution in [0.15, 0.2) is 40.3 Å². The Morgan fingerprint density at radius 1 is 1.30 bits per heavy atom. The van der Waals surface area contributed by atoms with Crippen LogP contribution >= 0.6 is 11.8 Å². The summed E-state index contributed by atoms with van der Waals surface area (Å²) >= 11 is 1.24. The maximum atomic E-state index is 12.0. The van der Waals surface area contributed by atoms with Crippen molar-refractivity contribution >= 4 is 23.3 Å². The van der Waals surface area contributed by atoms with Crippen LogP contribution in [0.25, 0.3) is 17.0 Å². The van der Waals surface area contributed by atoms with Gasteiger partial charge in [-0.15, -0.1) is 0 Å². The Morgan fingerprint density at radius 3 is 2.70 bits per heavy atom. The summed E-state index contributed by atoms with van der Waals surface area (Å²) in [5.41, 5.74) is 0.968. The normalized spacial score (nSPS) is 11.1. The monoisotopic (exact) mass is 387 g/mol. The molecule has 0 saturated heterocycles. The number of nitrogens with zero attached hydrogens (tertiary/aromatic N) is 3. The van der Waals surface area contributed by atoms with Crippen LogP contribution in [0.5, 0.6) is 5.75 Å². The van der Waals surface area contributed by atoms with Gasteiger partial charge in [-0.05, 0) is 45.0 Å². The number of H-pyrrole nitrogens is 1. The van der Waals surface area contributed by atoms with Crippen LogP contribution in [-0.2, 0) is 4.79 Å². The number of nitrogens with one attached hydrogen (secondary N) is 2. The summed E-state index contributed by atoms with van der Waals surface area (Å²) in [4.78, 5) is 32.7. The van der Waals surface area contributed by atoms with Gasteiger partial charge in [0.15, 0.2) is 16.6 Å². The van der Waals surface area contributed by atoms with E-state index in [1.165, 1.54) is 22.3 Å². The summed E-state index contributed by atoms with van der Waals surface area (Å²) < 4.78 is 6.94. The van der Waals surface area contributed by atoms with Crippen LogP contribution in [0, 0.1) is 0 Å². The third-order valence-corrected chi connectivity index (χ3v) is 4.47. The van der Waals surface area contributed by atoms with Gasteiger partial charge in [-0.25, -0.2) is 14.5 Å². The number of carbonyl (C=O) groups is 1. The molecule has 0 saturated carbocycles. The first kappa shape index (κ1) is 19.0. The Hall–Kier alpha value is -2.81. The Labute approximate surface area is 160 Å². The van der Waals surface area contributed by atoms with Crippen molar-refractivity contribution < 1.29 is 9.53 Å². The van der Waals surface area contributed by atoms with Gasteiger partial charge in [0.25, 0.3) is 5.56 Å². The number of fused-ring (bicyclic) bond motifs is 1. The Kier molecular flexibility index (Phi) is 5.80. The highest BCUT2D eigenvalue weighted by Crippen LogP contribution is 2.23. The summed E-state index contributed by atoms with van der Waals surface area (Å²) in [7, 11) is 0. The molecule has 0 unspecified atom stereocenters. The van der Waals surface area contributed by atoms with Gasteiger partial charge in [0, 0.05) is 17.7 Å². The van der Waals surface area contributed by atoms with Gasteiger partial charge in [-0.3, -0.25) is 14.7 Å². The minimum Gasteiger partial charge on any atom is -0.494 e. The number of aromatic nitrogens is 4. The van der Waals surface area contributed by atoms with E-state index in [1.54, 1.807) is 0 Å². The number of amides is 1. The predicted molar refractivity (Wildman–Crippen MR) is 104 cm³/mol. The zero-order valence-electron chi connectivity index (χ0n) is 15.4. The summed E-state index contributed by atoms with van der Waals surface area (Å²) in [5.74, 6) is 1.33. The standard InChI is InChI=1S/C18H21N5O3S/c1-4-26-13-7-5-12(6-8-13)17-20-14-9-15(24)22-23(14)18(21-17)27-10-16(25)19-11(2)3/h5-9,11H,4,10H2,1-3H3,(H,19,25)(H,22,24). The van der Waals surface area contributed by atoms with Crippen molar-refractivity contribution in [3.05, 3.63) is 40.7 Å². The minimum absolute atomic E-state index is 0.0642. The van der Waals surface area contributed by atoms with Gasteiger partial charge >= 0.3 is 0 Å². The van der Waals surface area contributed by atoms with E-state index in [2.05, 4.69) is 20.4 Å². The number of hydrogen-bond donors (Lipinski definition) is 2. The first-order chi connectivity index (χ1) is 13.0. The van der Waals surface area contributed by atoms with E-state index in [-0.39, 0.29) is 23.3 Å². The van der Waals surface area contributed by atoms with Gasteiger partial charge in [0.1, 0.15) is 5.75 Å². The maximum Gasteiger partial charge on any atom is 0.266 e. The van der Waals surface area contributed by atoms with Gasteiger partial charge < -0.3 is 10.1 Å². The molecule has 0 radical (unpaired) electrons. The number of carbonyl (C=O) groups excluding carboxylic acids is 1. The van der Waals surface area contributed by atoms with E-state index < -0.39 is 0 Å². The fourth-order valence-electron chi connectivity index (χ4n) is 2.47. The second-order valence-electron chi connectivity index (χ2n) is 6.11. The third-order valence-electron chi connectivity index (χ3n) is 3.53. The number of ether oxygens (including phenoxy) is 1. The van der Waals surface area contributed by atoms with E-state index in [1.807, 2.05) is 45.0 Å². The zero-order chi connectivity index (χ0) is 19.4. The van der Waals surface area contributed by atoms with Crippen LogP contribution in [0.3, 0.4) is 0 Å². The van der Waals surface area contributed by atoms with Gasteiger partial charge in [0.2, 0.25) is 5.91 Å². The summed E-state index contributed by atoms with van der Waals surface area (Å²) in [5, 5.41) is 5.98. The minimum atomic E-state index is -0.276. The fourth-order valence-corrected chi connectivity index (χ4v) is 3.23. The van der Waals surface area contributed by atoms with Crippen molar-refractivity contribution in [2.24, 2.45) is 0 Å². The van der Waals surface area contributed by atoms with Crippen LogP contribution in [0.1, 0.15) is 20.8 Å². The smallest absolute Gasteiger partial charge is 0.266 e. The molecule has 2 aromatic heterocycles. The highest BCUT2D eigenvalue weighted by atomic mass is 32.2. The van der Waals surface area contributed by atoms with E-state index in [4.69, 9.17) is 4.74 Å². The molecule has 0 aliphatic heterocycles. The lowest BCUT2D eigenvalue weighted by Gasteiger charge is -2.10. The van der Waals surface area contributed by atoms with Crippen LogP contribution < -0.4 is 15.6 Å². The summed E-state index contributed by atoms with van der Waals surface area (Å²) in [6.45, 7) is 6.32. The number of thioether (sulfide) groups is 1. The molecule has 2 heterocycles. The lowest BCUT2D eigenvalue weighted by molar-refractivity contribution is -0.119. The Morgan fingerprint density at radius 2 is 2.04 bits per heavy atom. The molecule has 0 aliphatic carbocycles. The predicted octanol–water partition coefficient (Wildman–Crippen LogP) is 2.10. The Bertz CT molecular complexity index is 994. The number of rotatable bonds is 7. The molecular formula is C18H21N5O3S. The molecule has 1 amide bonds. The van der Waals surface area contributed by atoms with Crippen molar-refractivity contribution in [1.82, 2.24) is 24.9 Å². The van der Waals surface area contributed by atoms with Crippen LogP contribution in [0.4, 0.5) is 0 Å². The first-order valence-corrected chi connectivity index (χ1v) is 9.60. The Balaban J connectivity index is 1.92. The first-order valence-electron chi connectivity index (χ1n) is 8.61. The molecule has 0 aliphatic rings. The highest BCUT2D eigenvalue weighted by molar-refractivity contribution is 7.99. The second kappa shape index (κ2) is 8.26. The summed E-state index contributed by atoms with van der Waals surface area (Å²) in [6.07, 6.45) is 0. The van der Waals surface area contributed by atoms with E-state index in [9.17, 15) is 9.59 Å². The average Bonchev–Trinajstić information content (AvgIpc) is 3.00. The second-order valence-corrected chi connectivity index (χ2v) is 7.05. The molecule has 3 aromatic rings. The molecule has 2 N–H and O–H groups in total.